The predicted octanol–water partition coefficient (Wildman–Crippen LogP) is 2.62. The number of carbonyl (C=O) groups excluding carboxylic acids is 1. The van der Waals surface area contributed by atoms with Crippen LogP contribution in [0.1, 0.15) is 11.1 Å². The summed E-state index contributed by atoms with van der Waals surface area (Å²) in [5, 5.41) is 15.2. The van der Waals surface area contributed by atoms with Crippen molar-refractivity contribution in [3.05, 3.63) is 53.6 Å². The SMILES string of the molecule is COc1cc(C=NNC(=O)Nc2ccccc2C)ccc1OCC(=O)O. The minimum atomic E-state index is -1.08. The van der Waals surface area contributed by atoms with Crippen molar-refractivity contribution < 1.29 is 24.2 Å². The highest BCUT2D eigenvalue weighted by molar-refractivity contribution is 5.91. The lowest BCUT2D eigenvalue weighted by Gasteiger charge is -2.09. The number of para-hydroxylation sites is 1. The molecule has 2 amide bonds. The van der Waals surface area contributed by atoms with Crippen LogP contribution in [-0.4, -0.2) is 37.0 Å². The van der Waals surface area contributed by atoms with Crippen LogP contribution in [-0.2, 0) is 4.79 Å². The van der Waals surface area contributed by atoms with Crippen molar-refractivity contribution in [3.63, 3.8) is 0 Å². The Morgan fingerprint density at radius 3 is 2.65 bits per heavy atom. The average molecular weight is 357 g/mol. The van der Waals surface area contributed by atoms with E-state index in [1.807, 2.05) is 25.1 Å². The topological polar surface area (TPSA) is 109 Å². The second kappa shape index (κ2) is 9.07. The summed E-state index contributed by atoms with van der Waals surface area (Å²) in [6, 6.07) is 11.8. The Kier molecular flexibility index (Phi) is 6.55. The third-order valence-corrected chi connectivity index (χ3v) is 3.31. The molecule has 0 aliphatic heterocycles. The number of urea groups is 1. The van der Waals surface area contributed by atoms with Crippen molar-refractivity contribution in [2.75, 3.05) is 19.0 Å². The van der Waals surface area contributed by atoms with E-state index in [9.17, 15) is 9.59 Å². The number of aliphatic carboxylic acids is 1. The number of nitrogens with zero attached hydrogens (tertiary/aromatic N) is 1. The number of methoxy groups -OCH3 is 1. The van der Waals surface area contributed by atoms with Gasteiger partial charge in [-0.05, 0) is 42.3 Å². The highest BCUT2D eigenvalue weighted by Crippen LogP contribution is 2.27. The lowest BCUT2D eigenvalue weighted by molar-refractivity contribution is -0.139. The van der Waals surface area contributed by atoms with Gasteiger partial charge in [-0.25, -0.2) is 15.0 Å². The second-order valence-electron chi connectivity index (χ2n) is 5.23. The molecular formula is C18H19N3O5. The number of nitrogens with one attached hydrogen (secondary N) is 2. The van der Waals surface area contributed by atoms with Gasteiger partial charge in [-0.2, -0.15) is 5.10 Å². The molecule has 8 heteroatoms. The molecule has 136 valence electrons. The van der Waals surface area contributed by atoms with Crippen LogP contribution in [0.25, 0.3) is 0 Å². The maximum atomic E-state index is 11.8. The number of hydrazone groups is 1. The van der Waals surface area contributed by atoms with Crippen LogP contribution in [0.4, 0.5) is 10.5 Å². The third kappa shape index (κ3) is 5.52. The number of benzene rings is 2. The van der Waals surface area contributed by atoms with Crippen LogP contribution in [0.3, 0.4) is 0 Å². The number of ether oxygens (including phenoxy) is 2. The van der Waals surface area contributed by atoms with Crippen molar-refractivity contribution in [1.29, 1.82) is 0 Å². The fourth-order valence-corrected chi connectivity index (χ4v) is 2.05. The largest absolute Gasteiger partial charge is 0.493 e. The number of carboxylic acids is 1. The molecule has 0 heterocycles. The van der Waals surface area contributed by atoms with Gasteiger partial charge in [0.25, 0.3) is 0 Å². The zero-order valence-corrected chi connectivity index (χ0v) is 14.4. The standard InChI is InChI=1S/C18H19N3O5/c1-12-5-3-4-6-14(12)20-18(24)21-19-10-13-7-8-15(16(9-13)25-2)26-11-17(22)23/h3-10H,11H2,1-2H3,(H,22,23)(H2,20,21,24). The Morgan fingerprint density at radius 1 is 1.19 bits per heavy atom. The van der Waals surface area contributed by atoms with E-state index >= 15 is 0 Å². The van der Waals surface area contributed by atoms with Crippen molar-refractivity contribution in [2.45, 2.75) is 6.92 Å². The van der Waals surface area contributed by atoms with Crippen molar-refractivity contribution in [2.24, 2.45) is 5.10 Å². The Balaban J connectivity index is 1.96. The summed E-state index contributed by atoms with van der Waals surface area (Å²) in [7, 11) is 1.44. The maximum Gasteiger partial charge on any atom is 0.341 e. The van der Waals surface area contributed by atoms with Gasteiger partial charge < -0.3 is 19.9 Å². The van der Waals surface area contributed by atoms with E-state index in [4.69, 9.17) is 14.6 Å². The summed E-state index contributed by atoms with van der Waals surface area (Å²) < 4.78 is 10.3. The molecule has 0 aromatic heterocycles. The first-order valence-corrected chi connectivity index (χ1v) is 7.68. The molecule has 0 radical (unpaired) electrons. The molecule has 0 atom stereocenters. The predicted molar refractivity (Wildman–Crippen MR) is 97.1 cm³/mol. The molecule has 26 heavy (non-hydrogen) atoms. The normalized spacial score (nSPS) is 10.4. The van der Waals surface area contributed by atoms with Crippen LogP contribution in [0.15, 0.2) is 47.6 Å². The smallest absolute Gasteiger partial charge is 0.341 e. The molecule has 0 unspecified atom stereocenters. The lowest BCUT2D eigenvalue weighted by Crippen LogP contribution is -2.24. The number of amides is 2. The van der Waals surface area contributed by atoms with Crippen LogP contribution in [0, 0.1) is 6.92 Å². The van der Waals surface area contributed by atoms with Gasteiger partial charge in [0.2, 0.25) is 0 Å². The lowest BCUT2D eigenvalue weighted by atomic mass is 10.2. The number of aryl methyl sites for hydroxylation is 1. The van der Waals surface area contributed by atoms with E-state index in [0.717, 1.165) is 5.56 Å². The molecule has 0 bridgehead atoms. The maximum absolute atomic E-state index is 11.8. The zero-order chi connectivity index (χ0) is 18.9. The molecule has 2 aromatic carbocycles. The van der Waals surface area contributed by atoms with Gasteiger partial charge in [-0.1, -0.05) is 18.2 Å². The molecule has 3 N–H and O–H groups in total. The minimum Gasteiger partial charge on any atom is -0.493 e. The number of anilines is 1. The van der Waals surface area contributed by atoms with E-state index in [1.54, 1.807) is 24.3 Å². The fraction of sp³-hybridized carbons (Fsp3) is 0.167. The van der Waals surface area contributed by atoms with Crippen LogP contribution >= 0.6 is 0 Å². The molecule has 0 aliphatic carbocycles. The quantitative estimate of drug-likeness (QED) is 0.521. The van der Waals surface area contributed by atoms with E-state index in [2.05, 4.69) is 15.8 Å². The van der Waals surface area contributed by atoms with E-state index in [1.165, 1.54) is 13.3 Å². The highest BCUT2D eigenvalue weighted by Gasteiger charge is 2.07. The van der Waals surface area contributed by atoms with Gasteiger partial charge >= 0.3 is 12.0 Å². The molecule has 0 saturated carbocycles. The Labute approximate surface area is 150 Å². The summed E-state index contributed by atoms with van der Waals surface area (Å²) in [5.41, 5.74) is 4.64. The van der Waals surface area contributed by atoms with Crippen LogP contribution < -0.4 is 20.2 Å². The van der Waals surface area contributed by atoms with E-state index in [0.29, 0.717) is 22.7 Å². The Bertz CT molecular complexity index is 820. The van der Waals surface area contributed by atoms with Crippen molar-refractivity contribution in [1.82, 2.24) is 5.43 Å². The summed E-state index contributed by atoms with van der Waals surface area (Å²) in [4.78, 5) is 22.4. The van der Waals surface area contributed by atoms with E-state index in [-0.39, 0.29) is 0 Å². The summed E-state index contributed by atoms with van der Waals surface area (Å²) >= 11 is 0. The van der Waals surface area contributed by atoms with Gasteiger partial charge in [0.15, 0.2) is 18.1 Å². The zero-order valence-electron chi connectivity index (χ0n) is 14.4. The molecule has 0 saturated heterocycles. The summed E-state index contributed by atoms with van der Waals surface area (Å²) in [6.45, 7) is 1.42. The summed E-state index contributed by atoms with van der Waals surface area (Å²) in [6.07, 6.45) is 1.43. The second-order valence-corrected chi connectivity index (χ2v) is 5.23. The van der Waals surface area contributed by atoms with Gasteiger partial charge in [-0.3, -0.25) is 0 Å². The van der Waals surface area contributed by atoms with Crippen LogP contribution in [0.2, 0.25) is 0 Å². The fourth-order valence-electron chi connectivity index (χ4n) is 2.05. The molecule has 8 nitrogen and oxygen atoms in total. The average Bonchev–Trinajstić information content (AvgIpc) is 2.62. The van der Waals surface area contributed by atoms with Crippen LogP contribution in [0.5, 0.6) is 11.5 Å². The molecule has 0 fully saturated rings. The molecule has 0 spiro atoms. The molecular weight excluding hydrogens is 338 g/mol. The summed E-state index contributed by atoms with van der Waals surface area (Å²) in [5.74, 6) is -0.418. The van der Waals surface area contributed by atoms with Crippen molar-refractivity contribution >= 4 is 23.9 Å². The first kappa shape index (κ1) is 18.8. The number of hydrogen-bond donors (Lipinski definition) is 3. The number of carboxylic acid groups (broad SMARTS) is 1. The minimum absolute atomic E-state index is 0.303. The van der Waals surface area contributed by atoms with E-state index < -0.39 is 18.6 Å². The van der Waals surface area contributed by atoms with Gasteiger partial charge in [-0.15, -0.1) is 0 Å². The Hall–Kier alpha value is -3.55. The number of carbonyl (C=O) groups is 2. The molecule has 2 rings (SSSR count). The highest BCUT2D eigenvalue weighted by atomic mass is 16.5. The first-order valence-electron chi connectivity index (χ1n) is 7.68. The van der Waals surface area contributed by atoms with Gasteiger partial charge in [0, 0.05) is 5.69 Å². The third-order valence-electron chi connectivity index (χ3n) is 3.31. The number of rotatable bonds is 7. The monoisotopic (exact) mass is 357 g/mol. The van der Waals surface area contributed by atoms with Crippen molar-refractivity contribution in [3.8, 4) is 11.5 Å². The molecule has 2 aromatic rings. The number of hydrogen-bond acceptors (Lipinski definition) is 5. The first-order chi connectivity index (χ1) is 12.5. The van der Waals surface area contributed by atoms with Gasteiger partial charge in [0.1, 0.15) is 0 Å². The Morgan fingerprint density at radius 2 is 1.96 bits per heavy atom. The van der Waals surface area contributed by atoms with Gasteiger partial charge in [0.05, 0.1) is 13.3 Å². The molecule has 0 aliphatic rings.